The van der Waals surface area contributed by atoms with E-state index in [1.54, 1.807) is 13.3 Å². The topological polar surface area (TPSA) is 63.9 Å². The molecule has 25 heavy (non-hydrogen) atoms. The minimum Gasteiger partial charge on any atom is -0.491 e. The number of methoxy groups -OCH3 is 1. The van der Waals surface area contributed by atoms with Crippen molar-refractivity contribution in [2.45, 2.75) is 25.8 Å². The number of nitrogens with two attached hydrogens (primary N) is 1. The normalized spacial score (nSPS) is 18.1. The monoisotopic (exact) mass is 344 g/mol. The Morgan fingerprint density at radius 2 is 2.08 bits per heavy atom. The molecule has 1 saturated heterocycles. The molecule has 0 amide bonds. The van der Waals surface area contributed by atoms with Gasteiger partial charge in [0.1, 0.15) is 0 Å². The number of nitrogens with zero attached hydrogens (tertiary/aromatic N) is 3. The summed E-state index contributed by atoms with van der Waals surface area (Å²) in [6.07, 6.45) is 9.54. The molecule has 0 saturated carbocycles. The van der Waals surface area contributed by atoms with E-state index in [1.807, 2.05) is 18.3 Å². The molecule has 0 unspecified atom stereocenters. The van der Waals surface area contributed by atoms with E-state index >= 15 is 0 Å². The molecule has 3 heterocycles. The highest BCUT2D eigenvalue weighted by molar-refractivity contribution is 5.53. The van der Waals surface area contributed by atoms with Crippen molar-refractivity contribution < 1.29 is 9.47 Å². The van der Waals surface area contributed by atoms with Crippen molar-refractivity contribution in [2.75, 3.05) is 44.8 Å². The standard InChI is InChI=1S/C19H28N4O2/c1-24-19-15-23(17-5-7-21-16(13-17)14-20)11-6-18(19)25-12-4-10-22-8-2-3-9-22/h5-7,13,15H,2-4,8-12,14,20H2,1H3. The van der Waals surface area contributed by atoms with Crippen molar-refractivity contribution in [2.24, 2.45) is 5.73 Å². The number of hydrogen-bond acceptors (Lipinski definition) is 6. The molecule has 0 atom stereocenters. The van der Waals surface area contributed by atoms with E-state index in [4.69, 9.17) is 15.2 Å². The summed E-state index contributed by atoms with van der Waals surface area (Å²) in [5, 5.41) is 0. The van der Waals surface area contributed by atoms with Crippen molar-refractivity contribution in [3.63, 3.8) is 0 Å². The zero-order chi connectivity index (χ0) is 17.5. The molecule has 0 bridgehead atoms. The van der Waals surface area contributed by atoms with Gasteiger partial charge in [-0.15, -0.1) is 0 Å². The lowest BCUT2D eigenvalue weighted by atomic mass is 10.2. The molecule has 2 N–H and O–H groups in total. The van der Waals surface area contributed by atoms with Crippen molar-refractivity contribution in [1.82, 2.24) is 9.88 Å². The summed E-state index contributed by atoms with van der Waals surface area (Å²) >= 11 is 0. The lowest BCUT2D eigenvalue weighted by Crippen LogP contribution is -2.24. The maximum absolute atomic E-state index is 5.96. The summed E-state index contributed by atoms with van der Waals surface area (Å²) in [7, 11) is 1.68. The van der Waals surface area contributed by atoms with Gasteiger partial charge in [0.25, 0.3) is 0 Å². The maximum atomic E-state index is 5.96. The highest BCUT2D eigenvalue weighted by Gasteiger charge is 2.17. The van der Waals surface area contributed by atoms with Gasteiger partial charge in [0, 0.05) is 31.5 Å². The van der Waals surface area contributed by atoms with Gasteiger partial charge in [0.15, 0.2) is 11.5 Å². The second-order valence-corrected chi connectivity index (χ2v) is 6.38. The third kappa shape index (κ3) is 4.74. The number of likely N-dealkylation sites (tertiary alicyclic amines) is 1. The number of hydrogen-bond donors (Lipinski definition) is 1. The minimum absolute atomic E-state index is 0.434. The molecule has 3 rings (SSSR count). The lowest BCUT2D eigenvalue weighted by Gasteiger charge is -2.26. The van der Waals surface area contributed by atoms with Crippen LogP contribution in [-0.4, -0.2) is 49.8 Å². The quantitative estimate of drug-likeness (QED) is 0.730. The van der Waals surface area contributed by atoms with Gasteiger partial charge in [-0.3, -0.25) is 4.98 Å². The van der Waals surface area contributed by atoms with Gasteiger partial charge in [-0.1, -0.05) is 0 Å². The van der Waals surface area contributed by atoms with E-state index in [9.17, 15) is 0 Å². The summed E-state index contributed by atoms with van der Waals surface area (Å²) in [6, 6.07) is 3.97. The smallest absolute Gasteiger partial charge is 0.176 e. The van der Waals surface area contributed by atoms with E-state index in [0.29, 0.717) is 6.54 Å². The fraction of sp³-hybridized carbons (Fsp3) is 0.526. The first-order chi connectivity index (χ1) is 12.3. The first kappa shape index (κ1) is 17.8. The summed E-state index contributed by atoms with van der Waals surface area (Å²) in [5.74, 6) is 1.58. The van der Waals surface area contributed by atoms with Crippen LogP contribution in [0.3, 0.4) is 0 Å². The predicted molar refractivity (Wildman–Crippen MR) is 98.9 cm³/mol. The zero-order valence-corrected chi connectivity index (χ0v) is 15.0. The molecular weight excluding hydrogens is 316 g/mol. The molecule has 136 valence electrons. The van der Waals surface area contributed by atoms with Gasteiger partial charge >= 0.3 is 0 Å². The van der Waals surface area contributed by atoms with Crippen LogP contribution in [0, 0.1) is 0 Å². The number of rotatable bonds is 8. The van der Waals surface area contributed by atoms with Crippen molar-refractivity contribution in [3.05, 3.63) is 47.8 Å². The van der Waals surface area contributed by atoms with Crippen LogP contribution in [0.1, 0.15) is 25.0 Å². The van der Waals surface area contributed by atoms with Crippen molar-refractivity contribution in [3.8, 4) is 0 Å². The molecule has 0 radical (unpaired) electrons. The summed E-state index contributed by atoms with van der Waals surface area (Å²) < 4.78 is 11.5. The Bertz CT molecular complexity index is 624. The van der Waals surface area contributed by atoms with Gasteiger partial charge in [0.05, 0.1) is 25.6 Å². The van der Waals surface area contributed by atoms with Gasteiger partial charge in [0.2, 0.25) is 0 Å². The fourth-order valence-electron chi connectivity index (χ4n) is 3.24. The molecular formula is C19H28N4O2. The first-order valence-electron chi connectivity index (χ1n) is 9.03. The zero-order valence-electron chi connectivity index (χ0n) is 15.0. The summed E-state index contributed by atoms with van der Waals surface area (Å²) in [5.41, 5.74) is 7.60. The van der Waals surface area contributed by atoms with Crippen LogP contribution in [0.2, 0.25) is 0 Å². The Labute approximate surface area is 149 Å². The van der Waals surface area contributed by atoms with Crippen LogP contribution in [0.25, 0.3) is 0 Å². The maximum Gasteiger partial charge on any atom is 0.176 e. The third-order valence-electron chi connectivity index (χ3n) is 4.63. The number of pyridine rings is 1. The molecule has 0 aliphatic carbocycles. The Morgan fingerprint density at radius 1 is 1.24 bits per heavy atom. The van der Waals surface area contributed by atoms with Gasteiger partial charge < -0.3 is 25.0 Å². The van der Waals surface area contributed by atoms with E-state index < -0.39 is 0 Å². The molecule has 0 aromatic carbocycles. The van der Waals surface area contributed by atoms with E-state index in [2.05, 4.69) is 20.9 Å². The average molecular weight is 344 g/mol. The lowest BCUT2D eigenvalue weighted by molar-refractivity contribution is 0.161. The van der Waals surface area contributed by atoms with E-state index in [0.717, 1.165) is 49.0 Å². The highest BCUT2D eigenvalue weighted by atomic mass is 16.5. The summed E-state index contributed by atoms with van der Waals surface area (Å²) in [6.45, 7) is 5.47. The molecule has 0 spiro atoms. The largest absolute Gasteiger partial charge is 0.491 e. The first-order valence-corrected chi connectivity index (χ1v) is 9.03. The van der Waals surface area contributed by atoms with E-state index in [-0.39, 0.29) is 0 Å². The SMILES string of the molecule is COC1=CN(c2ccnc(CN)c2)CC=C1OCCCN1CCCC1. The van der Waals surface area contributed by atoms with Crippen LogP contribution in [0.4, 0.5) is 5.69 Å². The number of anilines is 1. The molecule has 6 heteroatoms. The molecule has 2 aliphatic heterocycles. The molecule has 2 aliphatic rings. The third-order valence-corrected chi connectivity index (χ3v) is 4.63. The van der Waals surface area contributed by atoms with Crippen LogP contribution in [0.15, 0.2) is 42.1 Å². The van der Waals surface area contributed by atoms with Gasteiger partial charge in [-0.05, 0) is 50.6 Å². The number of aromatic nitrogens is 1. The van der Waals surface area contributed by atoms with Crippen LogP contribution in [-0.2, 0) is 16.0 Å². The van der Waals surface area contributed by atoms with Crippen LogP contribution < -0.4 is 10.6 Å². The van der Waals surface area contributed by atoms with E-state index in [1.165, 1.54) is 25.9 Å². The number of ether oxygens (including phenoxy) is 2. The van der Waals surface area contributed by atoms with Crippen LogP contribution in [0.5, 0.6) is 0 Å². The van der Waals surface area contributed by atoms with Crippen LogP contribution >= 0.6 is 0 Å². The second-order valence-electron chi connectivity index (χ2n) is 6.38. The Balaban J connectivity index is 1.54. The summed E-state index contributed by atoms with van der Waals surface area (Å²) in [4.78, 5) is 8.86. The second kappa shape index (κ2) is 8.87. The minimum atomic E-state index is 0.434. The molecule has 1 aromatic heterocycles. The highest BCUT2D eigenvalue weighted by Crippen LogP contribution is 2.24. The van der Waals surface area contributed by atoms with Gasteiger partial charge in [-0.2, -0.15) is 0 Å². The molecule has 1 fully saturated rings. The molecule has 6 nitrogen and oxygen atoms in total. The Hall–Kier alpha value is -2.05. The van der Waals surface area contributed by atoms with Crippen molar-refractivity contribution >= 4 is 5.69 Å². The Kier molecular flexibility index (Phi) is 6.30. The Morgan fingerprint density at radius 3 is 2.84 bits per heavy atom. The molecule has 1 aromatic rings. The van der Waals surface area contributed by atoms with Gasteiger partial charge in [-0.25, -0.2) is 0 Å². The predicted octanol–water partition coefficient (Wildman–Crippen LogP) is 2.23. The fourth-order valence-corrected chi connectivity index (χ4v) is 3.24. The van der Waals surface area contributed by atoms with Crippen molar-refractivity contribution in [1.29, 1.82) is 0 Å². The average Bonchev–Trinajstić information content (AvgIpc) is 3.19.